The fraction of sp³-hybridized carbons (Fsp3) is 0.400. The molecule has 0 amide bonds. The molecule has 1 aromatic heterocycles. The second-order valence-corrected chi connectivity index (χ2v) is 5.01. The summed E-state index contributed by atoms with van der Waals surface area (Å²) in [5.74, 6) is 0.630. The number of hydrogen-bond acceptors (Lipinski definition) is 3. The zero-order valence-corrected chi connectivity index (χ0v) is 12.2. The van der Waals surface area contributed by atoms with E-state index >= 15 is 0 Å². The van der Waals surface area contributed by atoms with Crippen molar-refractivity contribution in [2.45, 2.75) is 26.3 Å². The van der Waals surface area contributed by atoms with Gasteiger partial charge in [-0.05, 0) is 12.5 Å². The largest absolute Gasteiger partial charge is 0.394 e. The van der Waals surface area contributed by atoms with Gasteiger partial charge in [0.05, 0.1) is 11.4 Å². The fourth-order valence-corrected chi connectivity index (χ4v) is 2.42. The Hall–Kier alpha value is -2.04. The predicted molar refractivity (Wildman–Crippen MR) is 80.1 cm³/mol. The number of aryl methyl sites for hydroxylation is 2. The fourth-order valence-electron chi connectivity index (χ4n) is 2.42. The maximum atomic E-state index is 13.7. The molecule has 2 aromatic rings. The second kappa shape index (κ2) is 5.94. The molecule has 0 atom stereocenters. The van der Waals surface area contributed by atoms with Crippen LogP contribution >= 0.6 is 0 Å². The molecule has 0 saturated heterocycles. The van der Waals surface area contributed by atoms with Crippen molar-refractivity contribution >= 4 is 11.5 Å². The summed E-state index contributed by atoms with van der Waals surface area (Å²) >= 11 is 0. The van der Waals surface area contributed by atoms with Gasteiger partial charge in [-0.3, -0.25) is 4.68 Å². The Kier molecular flexibility index (Phi) is 4.27. The first-order chi connectivity index (χ1) is 9.54. The summed E-state index contributed by atoms with van der Waals surface area (Å²) < 4.78 is 15.5. The maximum Gasteiger partial charge on any atom is 0.150 e. The van der Waals surface area contributed by atoms with Gasteiger partial charge in [-0.15, -0.1) is 0 Å². The van der Waals surface area contributed by atoms with Crippen molar-refractivity contribution in [3.05, 3.63) is 41.3 Å². The van der Waals surface area contributed by atoms with Crippen LogP contribution in [0, 0.1) is 5.82 Å². The first kappa shape index (κ1) is 14.4. The lowest BCUT2D eigenvalue weighted by Crippen LogP contribution is -2.21. The lowest BCUT2D eigenvalue weighted by atomic mass is 10.2. The lowest BCUT2D eigenvalue weighted by molar-refractivity contribution is 0.605. The monoisotopic (exact) mass is 276 g/mol. The van der Waals surface area contributed by atoms with Crippen LogP contribution in [-0.2, 0) is 20.0 Å². The van der Waals surface area contributed by atoms with E-state index in [0.717, 1.165) is 24.4 Å². The van der Waals surface area contributed by atoms with Gasteiger partial charge in [0, 0.05) is 26.2 Å². The Balaban J connectivity index is 2.25. The third-order valence-electron chi connectivity index (χ3n) is 3.34. The predicted octanol–water partition coefficient (Wildman–Crippen LogP) is 2.73. The van der Waals surface area contributed by atoms with Crippen LogP contribution in [-0.4, -0.2) is 16.8 Å². The van der Waals surface area contributed by atoms with Crippen molar-refractivity contribution in [2.75, 3.05) is 17.7 Å². The summed E-state index contributed by atoms with van der Waals surface area (Å²) in [5, 5.41) is 4.44. The zero-order chi connectivity index (χ0) is 14.7. The summed E-state index contributed by atoms with van der Waals surface area (Å²) in [5.41, 5.74) is 8.41. The van der Waals surface area contributed by atoms with E-state index in [0.29, 0.717) is 17.8 Å². The van der Waals surface area contributed by atoms with Crippen LogP contribution in [0.15, 0.2) is 24.3 Å². The number of nitrogens with zero attached hydrogens (tertiary/aromatic N) is 3. The molecule has 0 saturated carbocycles. The average Bonchev–Trinajstić information content (AvgIpc) is 2.68. The van der Waals surface area contributed by atoms with Gasteiger partial charge >= 0.3 is 0 Å². The highest BCUT2D eigenvalue weighted by atomic mass is 19.1. The maximum absolute atomic E-state index is 13.7. The third kappa shape index (κ3) is 2.76. The number of rotatable bonds is 5. The molecule has 20 heavy (non-hydrogen) atoms. The molecule has 0 aliphatic carbocycles. The molecular weight excluding hydrogens is 255 g/mol. The van der Waals surface area contributed by atoms with Crippen LogP contribution in [0.1, 0.15) is 24.6 Å². The second-order valence-electron chi connectivity index (χ2n) is 5.01. The Morgan fingerprint density at radius 3 is 2.70 bits per heavy atom. The minimum Gasteiger partial charge on any atom is -0.394 e. The van der Waals surface area contributed by atoms with Crippen molar-refractivity contribution < 1.29 is 4.39 Å². The van der Waals surface area contributed by atoms with Gasteiger partial charge in [0.25, 0.3) is 0 Å². The molecular formula is C15H21FN4. The van der Waals surface area contributed by atoms with E-state index < -0.39 is 0 Å². The number of halogens is 1. The van der Waals surface area contributed by atoms with Gasteiger partial charge in [0.2, 0.25) is 0 Å². The minimum atomic E-state index is -0.200. The number of anilines is 2. The average molecular weight is 276 g/mol. The van der Waals surface area contributed by atoms with Crippen molar-refractivity contribution in [3.63, 3.8) is 0 Å². The quantitative estimate of drug-likeness (QED) is 0.913. The Labute approximate surface area is 119 Å². The van der Waals surface area contributed by atoms with Crippen LogP contribution in [0.5, 0.6) is 0 Å². The van der Waals surface area contributed by atoms with Crippen LogP contribution in [0.2, 0.25) is 0 Å². The van der Waals surface area contributed by atoms with Crippen molar-refractivity contribution in [3.8, 4) is 0 Å². The number of aromatic nitrogens is 2. The van der Waals surface area contributed by atoms with E-state index in [4.69, 9.17) is 5.73 Å². The number of hydrogen-bond donors (Lipinski definition) is 1. The van der Waals surface area contributed by atoms with Crippen LogP contribution in [0.4, 0.5) is 15.9 Å². The van der Waals surface area contributed by atoms with Gasteiger partial charge in [-0.25, -0.2) is 4.39 Å². The zero-order valence-electron chi connectivity index (χ0n) is 12.2. The Morgan fingerprint density at radius 1 is 1.35 bits per heavy atom. The van der Waals surface area contributed by atoms with Gasteiger partial charge < -0.3 is 10.6 Å². The lowest BCUT2D eigenvalue weighted by Gasteiger charge is -2.20. The minimum absolute atomic E-state index is 0.200. The van der Waals surface area contributed by atoms with Gasteiger partial charge in [-0.2, -0.15) is 5.10 Å². The van der Waals surface area contributed by atoms with E-state index in [2.05, 4.69) is 12.0 Å². The van der Waals surface area contributed by atoms with E-state index in [1.807, 2.05) is 25.1 Å². The first-order valence-corrected chi connectivity index (χ1v) is 6.80. The van der Waals surface area contributed by atoms with Gasteiger partial charge in [0.15, 0.2) is 0 Å². The standard InChI is InChI=1S/C15H21FN4/c1-4-7-13-14(17)15(20(3)18-13)19(2)10-11-8-5-6-9-12(11)16/h5-6,8-9H,4,7,10,17H2,1-3H3. The van der Waals surface area contributed by atoms with Gasteiger partial charge in [-0.1, -0.05) is 31.5 Å². The molecule has 1 heterocycles. The molecule has 0 aliphatic rings. The highest BCUT2D eigenvalue weighted by molar-refractivity contribution is 5.66. The Bertz CT molecular complexity index is 592. The van der Waals surface area contributed by atoms with Crippen LogP contribution in [0.25, 0.3) is 0 Å². The summed E-state index contributed by atoms with van der Waals surface area (Å²) in [6, 6.07) is 6.78. The number of nitrogens with two attached hydrogens (primary N) is 1. The van der Waals surface area contributed by atoms with Crippen LogP contribution < -0.4 is 10.6 Å². The summed E-state index contributed by atoms with van der Waals surface area (Å²) in [7, 11) is 3.76. The molecule has 5 heteroatoms. The molecule has 4 nitrogen and oxygen atoms in total. The smallest absolute Gasteiger partial charge is 0.150 e. The first-order valence-electron chi connectivity index (χ1n) is 6.80. The van der Waals surface area contributed by atoms with E-state index in [1.165, 1.54) is 6.07 Å². The molecule has 0 unspecified atom stereocenters. The third-order valence-corrected chi connectivity index (χ3v) is 3.34. The van der Waals surface area contributed by atoms with Gasteiger partial charge in [0.1, 0.15) is 11.6 Å². The highest BCUT2D eigenvalue weighted by Crippen LogP contribution is 2.27. The molecule has 1 aromatic carbocycles. The molecule has 0 aliphatic heterocycles. The molecule has 0 fully saturated rings. The van der Waals surface area contributed by atoms with Crippen LogP contribution in [0.3, 0.4) is 0 Å². The molecule has 0 radical (unpaired) electrons. The topological polar surface area (TPSA) is 47.1 Å². The molecule has 2 rings (SSSR count). The molecule has 2 N–H and O–H groups in total. The number of benzene rings is 1. The van der Waals surface area contributed by atoms with Crippen molar-refractivity contribution in [1.82, 2.24) is 9.78 Å². The van der Waals surface area contributed by atoms with Crippen molar-refractivity contribution in [2.24, 2.45) is 7.05 Å². The molecule has 0 spiro atoms. The molecule has 0 bridgehead atoms. The Morgan fingerprint density at radius 2 is 2.05 bits per heavy atom. The van der Waals surface area contributed by atoms with Crippen molar-refractivity contribution in [1.29, 1.82) is 0 Å². The molecule has 108 valence electrons. The van der Waals surface area contributed by atoms with E-state index in [-0.39, 0.29) is 5.82 Å². The normalized spacial score (nSPS) is 10.8. The summed E-state index contributed by atoms with van der Waals surface area (Å²) in [6.07, 6.45) is 1.85. The van der Waals surface area contributed by atoms with E-state index in [9.17, 15) is 4.39 Å². The highest BCUT2D eigenvalue weighted by Gasteiger charge is 2.17. The number of nitrogen functional groups attached to an aromatic ring is 1. The SMILES string of the molecule is CCCc1nn(C)c(N(C)Cc2ccccc2F)c1N. The summed E-state index contributed by atoms with van der Waals surface area (Å²) in [4.78, 5) is 1.93. The summed E-state index contributed by atoms with van der Waals surface area (Å²) in [6.45, 7) is 2.55. The van der Waals surface area contributed by atoms with E-state index in [1.54, 1.807) is 16.8 Å².